The first-order valence-corrected chi connectivity index (χ1v) is 7.85. The summed E-state index contributed by atoms with van der Waals surface area (Å²) in [5, 5.41) is 0. The van der Waals surface area contributed by atoms with Crippen LogP contribution in [0.3, 0.4) is 0 Å². The molecule has 0 unspecified atom stereocenters. The van der Waals surface area contributed by atoms with Crippen LogP contribution in [-0.4, -0.2) is 61.5 Å². The van der Waals surface area contributed by atoms with Gasteiger partial charge in [0.25, 0.3) is 5.91 Å². The van der Waals surface area contributed by atoms with Gasteiger partial charge in [-0.25, -0.2) is 4.39 Å². The minimum absolute atomic E-state index is 0.141. The number of ether oxygens (including phenoxy) is 1. The standard InChI is InChI=1S/C17H25FN2O3/c1-4-19(5-2)12-13-20(11-10-16(21)23-3)17(22)14-6-8-15(18)9-7-14/h6-9H,4-5,10-13H2,1-3H3. The minimum atomic E-state index is -0.384. The van der Waals surface area contributed by atoms with Crippen LogP contribution in [0.15, 0.2) is 24.3 Å². The summed E-state index contributed by atoms with van der Waals surface area (Å²) in [5.74, 6) is -0.948. The Bertz CT molecular complexity index is 501. The highest BCUT2D eigenvalue weighted by molar-refractivity contribution is 5.94. The number of nitrogens with zero attached hydrogens (tertiary/aromatic N) is 2. The van der Waals surface area contributed by atoms with Crippen LogP contribution in [0.25, 0.3) is 0 Å². The number of carbonyl (C=O) groups excluding carboxylic acids is 2. The van der Waals surface area contributed by atoms with Gasteiger partial charge in [0.2, 0.25) is 0 Å². The van der Waals surface area contributed by atoms with Crippen LogP contribution in [0.4, 0.5) is 4.39 Å². The second-order valence-electron chi connectivity index (χ2n) is 5.15. The van der Waals surface area contributed by atoms with Crippen LogP contribution >= 0.6 is 0 Å². The van der Waals surface area contributed by atoms with Crippen molar-refractivity contribution in [3.8, 4) is 0 Å². The molecule has 1 rings (SSSR count). The number of halogens is 1. The molecule has 1 aromatic carbocycles. The van der Waals surface area contributed by atoms with Crippen LogP contribution in [0.2, 0.25) is 0 Å². The second-order valence-corrected chi connectivity index (χ2v) is 5.15. The highest BCUT2D eigenvalue weighted by Gasteiger charge is 2.18. The molecule has 0 radical (unpaired) electrons. The zero-order valence-electron chi connectivity index (χ0n) is 14.0. The Labute approximate surface area is 137 Å². The van der Waals surface area contributed by atoms with Gasteiger partial charge in [-0.2, -0.15) is 0 Å². The maximum absolute atomic E-state index is 13.0. The van der Waals surface area contributed by atoms with Crippen molar-refractivity contribution in [1.29, 1.82) is 0 Å². The maximum atomic E-state index is 13.0. The van der Waals surface area contributed by atoms with E-state index in [9.17, 15) is 14.0 Å². The Hall–Kier alpha value is -1.95. The van der Waals surface area contributed by atoms with Crippen molar-refractivity contribution < 1.29 is 18.7 Å². The second kappa shape index (κ2) is 9.94. The molecule has 0 aliphatic heterocycles. The molecule has 128 valence electrons. The largest absolute Gasteiger partial charge is 0.469 e. The van der Waals surface area contributed by atoms with E-state index >= 15 is 0 Å². The molecule has 1 aromatic rings. The third kappa shape index (κ3) is 6.36. The summed E-state index contributed by atoms with van der Waals surface area (Å²) >= 11 is 0. The third-order valence-corrected chi connectivity index (χ3v) is 3.77. The number of benzene rings is 1. The molecule has 1 amide bonds. The lowest BCUT2D eigenvalue weighted by atomic mass is 10.2. The van der Waals surface area contributed by atoms with E-state index in [4.69, 9.17) is 0 Å². The van der Waals surface area contributed by atoms with Gasteiger partial charge in [-0.1, -0.05) is 13.8 Å². The quantitative estimate of drug-likeness (QED) is 0.653. The Morgan fingerprint density at radius 3 is 2.17 bits per heavy atom. The Morgan fingerprint density at radius 1 is 1.04 bits per heavy atom. The normalized spacial score (nSPS) is 10.7. The number of carbonyl (C=O) groups is 2. The molecule has 0 heterocycles. The van der Waals surface area contributed by atoms with Crippen molar-refractivity contribution in [2.45, 2.75) is 20.3 Å². The fourth-order valence-corrected chi connectivity index (χ4v) is 2.22. The van der Waals surface area contributed by atoms with Crippen LogP contribution in [0.1, 0.15) is 30.6 Å². The number of likely N-dealkylation sites (N-methyl/N-ethyl adjacent to an activating group) is 1. The van der Waals surface area contributed by atoms with Crippen LogP contribution in [-0.2, 0) is 9.53 Å². The van der Waals surface area contributed by atoms with Gasteiger partial charge >= 0.3 is 5.97 Å². The van der Waals surface area contributed by atoms with Gasteiger partial charge in [0.15, 0.2) is 0 Å². The molecule has 0 aliphatic carbocycles. The number of methoxy groups -OCH3 is 1. The smallest absolute Gasteiger partial charge is 0.307 e. The summed E-state index contributed by atoms with van der Waals surface area (Å²) in [7, 11) is 1.32. The molecule has 6 heteroatoms. The predicted molar refractivity (Wildman–Crippen MR) is 86.7 cm³/mol. The van der Waals surface area contributed by atoms with E-state index in [1.165, 1.54) is 31.4 Å². The van der Waals surface area contributed by atoms with E-state index in [0.29, 0.717) is 12.1 Å². The van der Waals surface area contributed by atoms with E-state index < -0.39 is 0 Å². The van der Waals surface area contributed by atoms with E-state index in [1.54, 1.807) is 4.90 Å². The van der Waals surface area contributed by atoms with Crippen molar-refractivity contribution in [1.82, 2.24) is 9.80 Å². The Kier molecular flexibility index (Phi) is 8.26. The summed E-state index contributed by atoms with van der Waals surface area (Å²) in [6, 6.07) is 5.44. The third-order valence-electron chi connectivity index (χ3n) is 3.77. The van der Waals surface area contributed by atoms with Crippen LogP contribution in [0.5, 0.6) is 0 Å². The summed E-state index contributed by atoms with van der Waals surface area (Å²) < 4.78 is 17.6. The lowest BCUT2D eigenvalue weighted by molar-refractivity contribution is -0.140. The number of hydrogen-bond donors (Lipinski definition) is 0. The molecule has 0 N–H and O–H groups in total. The van der Waals surface area contributed by atoms with Gasteiger partial charge in [0.1, 0.15) is 5.82 Å². The van der Waals surface area contributed by atoms with Crippen molar-refractivity contribution in [2.75, 3.05) is 39.8 Å². The molecule has 0 fully saturated rings. The van der Waals surface area contributed by atoms with Gasteiger partial charge < -0.3 is 14.5 Å². The predicted octanol–water partition coefficient (Wildman–Crippen LogP) is 2.17. The molecular formula is C17H25FN2O3. The van der Waals surface area contributed by atoms with E-state index in [0.717, 1.165) is 19.6 Å². The average molecular weight is 324 g/mol. The number of amides is 1. The number of rotatable bonds is 9. The zero-order valence-corrected chi connectivity index (χ0v) is 14.0. The molecule has 0 saturated carbocycles. The minimum Gasteiger partial charge on any atom is -0.469 e. The van der Waals surface area contributed by atoms with E-state index in [1.807, 2.05) is 0 Å². The first-order chi connectivity index (χ1) is 11.0. The Morgan fingerprint density at radius 2 is 1.65 bits per heavy atom. The molecule has 23 heavy (non-hydrogen) atoms. The number of esters is 1. The van der Waals surface area contributed by atoms with Gasteiger partial charge in [-0.15, -0.1) is 0 Å². The van der Waals surface area contributed by atoms with Gasteiger partial charge in [0, 0.05) is 25.2 Å². The Balaban J connectivity index is 2.77. The zero-order chi connectivity index (χ0) is 17.2. The molecule has 0 saturated heterocycles. The molecule has 0 aromatic heterocycles. The summed E-state index contributed by atoms with van der Waals surface area (Å²) in [4.78, 5) is 27.7. The lowest BCUT2D eigenvalue weighted by Gasteiger charge is -2.26. The first-order valence-electron chi connectivity index (χ1n) is 7.85. The van der Waals surface area contributed by atoms with E-state index in [-0.39, 0.29) is 30.7 Å². The first kappa shape index (κ1) is 19.1. The number of hydrogen-bond acceptors (Lipinski definition) is 4. The molecular weight excluding hydrogens is 299 g/mol. The molecule has 5 nitrogen and oxygen atoms in total. The van der Waals surface area contributed by atoms with Crippen molar-refractivity contribution in [3.05, 3.63) is 35.6 Å². The van der Waals surface area contributed by atoms with Crippen molar-refractivity contribution >= 4 is 11.9 Å². The monoisotopic (exact) mass is 324 g/mol. The fraction of sp³-hybridized carbons (Fsp3) is 0.529. The van der Waals surface area contributed by atoms with Gasteiger partial charge in [0.05, 0.1) is 13.5 Å². The molecule has 0 atom stereocenters. The van der Waals surface area contributed by atoms with Crippen molar-refractivity contribution in [3.63, 3.8) is 0 Å². The highest BCUT2D eigenvalue weighted by Crippen LogP contribution is 2.08. The summed E-state index contributed by atoms with van der Waals surface area (Å²) in [5.41, 5.74) is 0.413. The van der Waals surface area contributed by atoms with Crippen LogP contribution < -0.4 is 0 Å². The topological polar surface area (TPSA) is 49.9 Å². The maximum Gasteiger partial charge on any atom is 0.307 e. The average Bonchev–Trinajstić information content (AvgIpc) is 2.58. The van der Waals surface area contributed by atoms with Gasteiger partial charge in [-0.3, -0.25) is 9.59 Å². The van der Waals surface area contributed by atoms with Crippen LogP contribution in [0, 0.1) is 5.82 Å². The van der Waals surface area contributed by atoms with E-state index in [2.05, 4.69) is 23.5 Å². The van der Waals surface area contributed by atoms with Gasteiger partial charge in [-0.05, 0) is 37.4 Å². The molecule has 0 bridgehead atoms. The SMILES string of the molecule is CCN(CC)CCN(CCC(=O)OC)C(=O)c1ccc(F)cc1. The summed E-state index contributed by atoms with van der Waals surface area (Å²) in [6.07, 6.45) is 0.141. The summed E-state index contributed by atoms with van der Waals surface area (Å²) in [6.45, 7) is 7.42. The fourth-order valence-electron chi connectivity index (χ4n) is 2.22. The van der Waals surface area contributed by atoms with Crippen molar-refractivity contribution in [2.24, 2.45) is 0 Å². The lowest BCUT2D eigenvalue weighted by Crippen LogP contribution is -2.39. The molecule has 0 aliphatic rings. The molecule has 0 spiro atoms. The highest BCUT2D eigenvalue weighted by atomic mass is 19.1.